The summed E-state index contributed by atoms with van der Waals surface area (Å²) in [4.78, 5) is 7.36. The number of fused-ring (bicyclic) bond motifs is 1. The third-order valence-electron chi connectivity index (χ3n) is 6.38. The van der Waals surface area contributed by atoms with E-state index in [1.165, 1.54) is 16.8 Å². The van der Waals surface area contributed by atoms with E-state index in [0.29, 0.717) is 12.7 Å². The Morgan fingerprint density at radius 2 is 1.54 bits per heavy atom. The second-order valence-electron chi connectivity index (χ2n) is 9.59. The fourth-order valence-corrected chi connectivity index (χ4v) is 4.53. The maximum Gasteiger partial charge on any atom is 0.231 e. The van der Waals surface area contributed by atoms with E-state index in [1.807, 2.05) is 6.07 Å². The number of imidazole rings is 1. The molecule has 0 spiro atoms. The number of benzene rings is 3. The average molecular weight is 468 g/mol. The van der Waals surface area contributed by atoms with Crippen LogP contribution in [0, 0.1) is 5.92 Å². The van der Waals surface area contributed by atoms with Crippen LogP contribution in [0.5, 0.6) is 11.5 Å². The quantitative estimate of drug-likeness (QED) is 0.266. The fourth-order valence-electron chi connectivity index (χ4n) is 4.53. The molecule has 5 heteroatoms. The fraction of sp³-hybridized carbons (Fsp3) is 0.300. The van der Waals surface area contributed by atoms with Crippen molar-refractivity contribution in [2.75, 3.05) is 6.79 Å². The number of hydrogen-bond acceptors (Lipinski definition) is 4. The van der Waals surface area contributed by atoms with Crippen LogP contribution in [-0.4, -0.2) is 21.2 Å². The van der Waals surface area contributed by atoms with Crippen molar-refractivity contribution in [2.45, 2.75) is 46.4 Å². The molecular weight excluding hydrogens is 434 g/mol. The van der Waals surface area contributed by atoms with Gasteiger partial charge in [0.1, 0.15) is 5.82 Å². The molecule has 0 saturated heterocycles. The van der Waals surface area contributed by atoms with Gasteiger partial charge in [-0.1, -0.05) is 80.6 Å². The minimum Gasteiger partial charge on any atom is -0.454 e. The van der Waals surface area contributed by atoms with E-state index >= 15 is 0 Å². The molecule has 35 heavy (non-hydrogen) atoms. The molecule has 0 bridgehead atoms. The SMILES string of the molecule is CC(C)CCn1c(CN(Cc2ccccc2)Cc2ccc3c(c2)OCO3)cnc1-c1ccccc1. The van der Waals surface area contributed by atoms with Gasteiger partial charge in [-0.15, -0.1) is 0 Å². The van der Waals surface area contributed by atoms with Crippen LogP contribution in [0.2, 0.25) is 0 Å². The van der Waals surface area contributed by atoms with E-state index in [2.05, 4.69) is 102 Å². The van der Waals surface area contributed by atoms with Crippen molar-refractivity contribution in [1.29, 1.82) is 0 Å². The van der Waals surface area contributed by atoms with Crippen LogP contribution in [0.25, 0.3) is 11.4 Å². The standard InChI is InChI=1S/C30H33N3O2/c1-23(2)15-16-33-27(18-31-30(33)26-11-7-4-8-12-26)21-32(19-24-9-5-3-6-10-24)20-25-13-14-28-29(17-25)35-22-34-28/h3-14,17-18,23H,15-16,19-22H2,1-2H3. The molecule has 0 atom stereocenters. The zero-order valence-corrected chi connectivity index (χ0v) is 20.6. The van der Waals surface area contributed by atoms with Gasteiger partial charge in [0.25, 0.3) is 0 Å². The predicted octanol–water partition coefficient (Wildman–Crippen LogP) is 6.53. The van der Waals surface area contributed by atoms with E-state index in [1.54, 1.807) is 0 Å². The topological polar surface area (TPSA) is 39.5 Å². The van der Waals surface area contributed by atoms with Crippen molar-refractivity contribution in [3.63, 3.8) is 0 Å². The Morgan fingerprint density at radius 3 is 2.31 bits per heavy atom. The van der Waals surface area contributed by atoms with Gasteiger partial charge in [0.15, 0.2) is 11.5 Å². The summed E-state index contributed by atoms with van der Waals surface area (Å²) in [6.07, 6.45) is 3.17. The summed E-state index contributed by atoms with van der Waals surface area (Å²) in [5.74, 6) is 3.32. The van der Waals surface area contributed by atoms with Gasteiger partial charge in [-0.25, -0.2) is 4.98 Å². The molecule has 0 saturated carbocycles. The summed E-state index contributed by atoms with van der Waals surface area (Å²) in [6, 6.07) is 27.4. The molecule has 0 unspecified atom stereocenters. The summed E-state index contributed by atoms with van der Waals surface area (Å²) in [5.41, 5.74) is 4.90. The molecule has 4 aromatic rings. The monoisotopic (exact) mass is 467 g/mol. The molecule has 0 radical (unpaired) electrons. The van der Waals surface area contributed by atoms with Crippen molar-refractivity contribution in [1.82, 2.24) is 14.5 Å². The first-order valence-electron chi connectivity index (χ1n) is 12.4. The van der Waals surface area contributed by atoms with Crippen molar-refractivity contribution >= 4 is 0 Å². The van der Waals surface area contributed by atoms with Crippen molar-refractivity contribution in [3.05, 3.63) is 102 Å². The summed E-state index contributed by atoms with van der Waals surface area (Å²) >= 11 is 0. The first kappa shape index (κ1) is 23.2. The van der Waals surface area contributed by atoms with Crippen LogP contribution in [0.15, 0.2) is 85.1 Å². The summed E-state index contributed by atoms with van der Waals surface area (Å²) in [7, 11) is 0. The van der Waals surface area contributed by atoms with Gasteiger partial charge < -0.3 is 14.0 Å². The van der Waals surface area contributed by atoms with Crippen LogP contribution in [-0.2, 0) is 26.2 Å². The molecule has 0 amide bonds. The largest absolute Gasteiger partial charge is 0.454 e. The predicted molar refractivity (Wildman–Crippen MR) is 139 cm³/mol. The average Bonchev–Trinajstić information content (AvgIpc) is 3.50. The number of ether oxygens (including phenoxy) is 2. The molecule has 0 fully saturated rings. The van der Waals surface area contributed by atoms with E-state index in [4.69, 9.17) is 14.5 Å². The summed E-state index contributed by atoms with van der Waals surface area (Å²) < 4.78 is 13.5. The lowest BCUT2D eigenvalue weighted by Gasteiger charge is -2.24. The number of aromatic nitrogens is 2. The normalized spacial score (nSPS) is 12.6. The summed E-state index contributed by atoms with van der Waals surface area (Å²) in [6.45, 7) is 8.28. The van der Waals surface area contributed by atoms with Crippen molar-refractivity contribution in [3.8, 4) is 22.9 Å². The lowest BCUT2D eigenvalue weighted by molar-refractivity contribution is 0.174. The van der Waals surface area contributed by atoms with Gasteiger partial charge in [-0.05, 0) is 35.6 Å². The molecule has 3 aromatic carbocycles. The summed E-state index contributed by atoms with van der Waals surface area (Å²) in [5, 5.41) is 0. The minimum atomic E-state index is 0.295. The third kappa shape index (κ3) is 5.75. The molecule has 1 aliphatic rings. The molecule has 1 aromatic heterocycles. The first-order chi connectivity index (χ1) is 17.2. The van der Waals surface area contributed by atoms with E-state index in [-0.39, 0.29) is 0 Å². The molecular formula is C30H33N3O2. The van der Waals surface area contributed by atoms with Crippen LogP contribution in [0.3, 0.4) is 0 Å². The number of nitrogens with zero attached hydrogens (tertiary/aromatic N) is 3. The second-order valence-corrected chi connectivity index (χ2v) is 9.59. The van der Waals surface area contributed by atoms with Crippen LogP contribution < -0.4 is 9.47 Å². The molecule has 5 nitrogen and oxygen atoms in total. The smallest absolute Gasteiger partial charge is 0.231 e. The van der Waals surface area contributed by atoms with Crippen molar-refractivity contribution < 1.29 is 9.47 Å². The second kappa shape index (κ2) is 10.8. The van der Waals surface area contributed by atoms with Gasteiger partial charge in [0.2, 0.25) is 6.79 Å². The molecule has 1 aliphatic heterocycles. The van der Waals surface area contributed by atoms with E-state index in [9.17, 15) is 0 Å². The third-order valence-corrected chi connectivity index (χ3v) is 6.38. The Kier molecular flexibility index (Phi) is 7.15. The minimum absolute atomic E-state index is 0.295. The highest BCUT2D eigenvalue weighted by atomic mass is 16.7. The van der Waals surface area contributed by atoms with E-state index in [0.717, 1.165) is 55.5 Å². The van der Waals surface area contributed by atoms with Gasteiger partial charge >= 0.3 is 0 Å². The number of hydrogen-bond donors (Lipinski definition) is 0. The van der Waals surface area contributed by atoms with Crippen LogP contribution >= 0.6 is 0 Å². The maximum atomic E-state index is 5.63. The zero-order valence-electron chi connectivity index (χ0n) is 20.6. The highest BCUT2D eigenvalue weighted by Crippen LogP contribution is 2.33. The molecule has 0 N–H and O–H groups in total. The maximum absolute atomic E-state index is 5.63. The van der Waals surface area contributed by atoms with E-state index < -0.39 is 0 Å². The lowest BCUT2D eigenvalue weighted by Crippen LogP contribution is -2.24. The molecule has 0 aliphatic carbocycles. The zero-order chi connectivity index (χ0) is 24.0. The Bertz CT molecular complexity index is 1240. The Hall–Kier alpha value is -3.57. The van der Waals surface area contributed by atoms with Gasteiger partial charge in [-0.2, -0.15) is 0 Å². The molecule has 2 heterocycles. The van der Waals surface area contributed by atoms with Crippen molar-refractivity contribution in [2.24, 2.45) is 5.92 Å². The highest BCUT2D eigenvalue weighted by molar-refractivity contribution is 5.56. The van der Waals surface area contributed by atoms with Crippen LogP contribution in [0.1, 0.15) is 37.1 Å². The van der Waals surface area contributed by atoms with Gasteiger partial charge in [-0.3, -0.25) is 4.90 Å². The molecule has 180 valence electrons. The first-order valence-corrected chi connectivity index (χ1v) is 12.4. The van der Waals surface area contributed by atoms with Gasteiger partial charge in [0, 0.05) is 31.7 Å². The highest BCUT2D eigenvalue weighted by Gasteiger charge is 2.18. The number of rotatable bonds is 10. The Balaban J connectivity index is 1.44. The van der Waals surface area contributed by atoms with Gasteiger partial charge in [0.05, 0.1) is 11.9 Å². The lowest BCUT2D eigenvalue weighted by atomic mass is 10.1. The Morgan fingerprint density at radius 1 is 0.829 bits per heavy atom. The molecule has 5 rings (SSSR count). The Labute approximate surface area is 208 Å². The van der Waals surface area contributed by atoms with Crippen LogP contribution in [0.4, 0.5) is 0 Å².